The van der Waals surface area contributed by atoms with Gasteiger partial charge in [0, 0.05) is 25.3 Å². The van der Waals surface area contributed by atoms with Gasteiger partial charge < -0.3 is 14.8 Å². The Hall–Kier alpha value is -1.29. The molecule has 2 heterocycles. The summed E-state index contributed by atoms with van der Waals surface area (Å²) in [7, 11) is 0. The third-order valence-electron chi connectivity index (χ3n) is 3.35. The van der Waals surface area contributed by atoms with Crippen LogP contribution in [0.15, 0.2) is 18.3 Å². The molecule has 1 aliphatic heterocycles. The van der Waals surface area contributed by atoms with E-state index in [0.717, 1.165) is 37.6 Å². The van der Waals surface area contributed by atoms with Crippen LogP contribution in [0.5, 0.6) is 5.75 Å². The Balaban J connectivity index is 1.93. The van der Waals surface area contributed by atoms with Crippen LogP contribution in [0.1, 0.15) is 26.7 Å². The van der Waals surface area contributed by atoms with Gasteiger partial charge >= 0.3 is 0 Å². The summed E-state index contributed by atoms with van der Waals surface area (Å²) in [4.78, 5) is 4.33. The van der Waals surface area contributed by atoms with Gasteiger partial charge in [-0.2, -0.15) is 0 Å². The van der Waals surface area contributed by atoms with E-state index in [1.165, 1.54) is 0 Å². The highest BCUT2D eigenvalue weighted by atomic mass is 16.5. The molecule has 1 aromatic heterocycles. The molecule has 4 nitrogen and oxygen atoms in total. The second kappa shape index (κ2) is 6.59. The van der Waals surface area contributed by atoms with Crippen molar-refractivity contribution in [2.24, 2.45) is 5.92 Å². The summed E-state index contributed by atoms with van der Waals surface area (Å²) in [5.74, 6) is 2.24. The Morgan fingerprint density at radius 3 is 3.17 bits per heavy atom. The van der Waals surface area contributed by atoms with E-state index < -0.39 is 0 Å². The maximum absolute atomic E-state index is 5.69. The summed E-state index contributed by atoms with van der Waals surface area (Å²) < 4.78 is 11.2. The fourth-order valence-corrected chi connectivity index (χ4v) is 2.40. The fraction of sp³-hybridized carbons (Fsp3) is 0.643. The van der Waals surface area contributed by atoms with Crippen LogP contribution in [0.25, 0.3) is 0 Å². The minimum absolute atomic E-state index is 0.386. The largest absolute Gasteiger partial charge is 0.490 e. The fourth-order valence-electron chi connectivity index (χ4n) is 2.40. The smallest absolute Gasteiger partial charge is 0.168 e. The molecule has 0 aliphatic carbocycles. The number of nitrogens with one attached hydrogen (secondary N) is 1. The van der Waals surface area contributed by atoms with Gasteiger partial charge in [0.15, 0.2) is 11.6 Å². The molecular formula is C14H22N2O2. The van der Waals surface area contributed by atoms with E-state index in [-0.39, 0.29) is 0 Å². The monoisotopic (exact) mass is 250 g/mol. The molecule has 0 bridgehead atoms. The van der Waals surface area contributed by atoms with Crippen molar-refractivity contribution in [3.63, 3.8) is 0 Å². The van der Waals surface area contributed by atoms with E-state index in [2.05, 4.69) is 17.2 Å². The van der Waals surface area contributed by atoms with Crippen molar-refractivity contribution in [1.82, 2.24) is 4.98 Å². The average Bonchev–Trinajstić information content (AvgIpc) is 2.85. The molecule has 0 saturated carbocycles. The van der Waals surface area contributed by atoms with Crippen molar-refractivity contribution in [3.8, 4) is 5.75 Å². The first kappa shape index (κ1) is 13.1. The van der Waals surface area contributed by atoms with E-state index >= 15 is 0 Å². The molecule has 0 radical (unpaired) electrons. The van der Waals surface area contributed by atoms with Gasteiger partial charge in [0.2, 0.25) is 0 Å². The summed E-state index contributed by atoms with van der Waals surface area (Å²) >= 11 is 0. The third-order valence-corrected chi connectivity index (χ3v) is 3.35. The Labute approximate surface area is 109 Å². The van der Waals surface area contributed by atoms with Gasteiger partial charge in [-0.25, -0.2) is 4.98 Å². The minimum Gasteiger partial charge on any atom is -0.490 e. The van der Waals surface area contributed by atoms with E-state index in [1.54, 1.807) is 6.20 Å². The first-order chi connectivity index (χ1) is 8.85. The predicted molar refractivity (Wildman–Crippen MR) is 72.0 cm³/mol. The maximum Gasteiger partial charge on any atom is 0.168 e. The van der Waals surface area contributed by atoms with Crippen LogP contribution in [0.2, 0.25) is 0 Å². The maximum atomic E-state index is 5.69. The number of anilines is 1. The molecule has 1 aliphatic rings. The van der Waals surface area contributed by atoms with Crippen molar-refractivity contribution < 1.29 is 9.47 Å². The zero-order valence-electron chi connectivity index (χ0n) is 11.2. The molecule has 1 fully saturated rings. The van der Waals surface area contributed by atoms with Crippen molar-refractivity contribution in [3.05, 3.63) is 18.3 Å². The van der Waals surface area contributed by atoms with Crippen LogP contribution < -0.4 is 10.1 Å². The third kappa shape index (κ3) is 3.13. The van der Waals surface area contributed by atoms with Crippen LogP contribution in [0.4, 0.5) is 5.82 Å². The summed E-state index contributed by atoms with van der Waals surface area (Å²) in [5.41, 5.74) is 0. The molecule has 2 rings (SSSR count). The van der Waals surface area contributed by atoms with Crippen LogP contribution in [0, 0.1) is 5.92 Å². The molecule has 4 heteroatoms. The van der Waals surface area contributed by atoms with E-state index in [1.807, 2.05) is 19.1 Å². The highest BCUT2D eigenvalue weighted by Gasteiger charge is 2.26. The van der Waals surface area contributed by atoms with Gasteiger partial charge in [0.25, 0.3) is 0 Å². The summed E-state index contributed by atoms with van der Waals surface area (Å²) in [6.45, 7) is 6.59. The predicted octanol–water partition coefficient (Wildman–Crippen LogP) is 2.71. The van der Waals surface area contributed by atoms with Gasteiger partial charge in [0.05, 0.1) is 12.7 Å². The summed E-state index contributed by atoms with van der Waals surface area (Å²) in [6, 6.07) is 3.84. The number of ether oxygens (including phenoxy) is 2. The van der Waals surface area contributed by atoms with Crippen LogP contribution in [-0.4, -0.2) is 30.8 Å². The first-order valence-corrected chi connectivity index (χ1v) is 6.78. The van der Waals surface area contributed by atoms with Crippen LogP contribution in [-0.2, 0) is 4.74 Å². The Bertz CT molecular complexity index is 371. The molecule has 2 atom stereocenters. The SMILES string of the molecule is CCOc1cccnc1NCC1CCOC1CC. The van der Waals surface area contributed by atoms with Crippen molar-refractivity contribution in [1.29, 1.82) is 0 Å². The highest BCUT2D eigenvalue weighted by Crippen LogP contribution is 2.26. The number of pyridine rings is 1. The van der Waals surface area contributed by atoms with Gasteiger partial charge in [0.1, 0.15) is 0 Å². The van der Waals surface area contributed by atoms with Gasteiger partial charge in [-0.3, -0.25) is 0 Å². The lowest BCUT2D eigenvalue weighted by Crippen LogP contribution is -2.23. The molecule has 100 valence electrons. The quantitative estimate of drug-likeness (QED) is 0.843. The molecule has 18 heavy (non-hydrogen) atoms. The number of nitrogens with zero attached hydrogens (tertiary/aromatic N) is 1. The molecule has 1 saturated heterocycles. The average molecular weight is 250 g/mol. The molecule has 1 aromatic rings. The highest BCUT2D eigenvalue weighted by molar-refractivity contribution is 5.49. The van der Waals surface area contributed by atoms with Gasteiger partial charge in [-0.1, -0.05) is 6.92 Å². The van der Waals surface area contributed by atoms with Crippen molar-refractivity contribution in [2.45, 2.75) is 32.8 Å². The van der Waals surface area contributed by atoms with Crippen molar-refractivity contribution in [2.75, 3.05) is 25.1 Å². The Morgan fingerprint density at radius 1 is 1.50 bits per heavy atom. The molecule has 2 unspecified atom stereocenters. The molecule has 0 aromatic carbocycles. The lowest BCUT2D eigenvalue weighted by atomic mass is 10.00. The number of rotatable bonds is 6. The normalized spacial score (nSPS) is 23.0. The topological polar surface area (TPSA) is 43.4 Å². The minimum atomic E-state index is 0.386. The zero-order chi connectivity index (χ0) is 12.8. The second-order valence-corrected chi connectivity index (χ2v) is 4.53. The van der Waals surface area contributed by atoms with Crippen LogP contribution in [0.3, 0.4) is 0 Å². The summed E-state index contributed by atoms with van der Waals surface area (Å²) in [5, 5.41) is 3.39. The molecule has 0 spiro atoms. The zero-order valence-corrected chi connectivity index (χ0v) is 11.2. The summed E-state index contributed by atoms with van der Waals surface area (Å²) in [6.07, 6.45) is 4.37. The molecule has 0 amide bonds. The Kier molecular flexibility index (Phi) is 4.81. The van der Waals surface area contributed by atoms with Gasteiger partial charge in [-0.05, 0) is 31.9 Å². The lowest BCUT2D eigenvalue weighted by Gasteiger charge is -2.18. The standard InChI is InChI=1S/C14H22N2O2/c1-3-12-11(7-9-18-12)10-16-14-13(17-4-2)6-5-8-15-14/h5-6,8,11-12H,3-4,7,9-10H2,1-2H3,(H,15,16). The molecular weight excluding hydrogens is 228 g/mol. The molecule has 1 N–H and O–H groups in total. The van der Waals surface area contributed by atoms with E-state index in [4.69, 9.17) is 9.47 Å². The number of hydrogen-bond donors (Lipinski definition) is 1. The Morgan fingerprint density at radius 2 is 2.39 bits per heavy atom. The second-order valence-electron chi connectivity index (χ2n) is 4.53. The number of aromatic nitrogens is 1. The number of hydrogen-bond acceptors (Lipinski definition) is 4. The van der Waals surface area contributed by atoms with Crippen molar-refractivity contribution >= 4 is 5.82 Å². The van der Waals surface area contributed by atoms with E-state index in [9.17, 15) is 0 Å². The first-order valence-electron chi connectivity index (χ1n) is 6.78. The van der Waals surface area contributed by atoms with E-state index in [0.29, 0.717) is 18.6 Å². The van der Waals surface area contributed by atoms with Gasteiger partial charge in [-0.15, -0.1) is 0 Å². The lowest BCUT2D eigenvalue weighted by molar-refractivity contribution is 0.0900. The van der Waals surface area contributed by atoms with Crippen LogP contribution >= 0.6 is 0 Å².